The van der Waals surface area contributed by atoms with Crippen LogP contribution in [0.15, 0.2) is 53.9 Å². The molecule has 4 rings (SSSR count). The summed E-state index contributed by atoms with van der Waals surface area (Å²) < 4.78 is 6.56. The van der Waals surface area contributed by atoms with Crippen molar-refractivity contribution < 1.29 is 14.3 Å². The van der Waals surface area contributed by atoms with Crippen LogP contribution >= 0.6 is 22.7 Å². The Balaban J connectivity index is 1.29. The molecule has 2 aromatic heterocycles. The number of thiazole rings is 2. The number of rotatable bonds is 9. The van der Waals surface area contributed by atoms with Crippen LogP contribution in [0.5, 0.6) is 0 Å². The van der Waals surface area contributed by atoms with Gasteiger partial charge in [0, 0.05) is 18.7 Å². The minimum Gasteiger partial charge on any atom is -0.459 e. The molecule has 0 bridgehead atoms. The average molecular weight is 480 g/mol. The molecule has 0 aliphatic rings. The third-order valence-corrected chi connectivity index (χ3v) is 7.11. The number of anilines is 2. The minimum absolute atomic E-state index is 0.0942. The number of aromatic nitrogens is 2. The van der Waals surface area contributed by atoms with Gasteiger partial charge >= 0.3 is 5.97 Å². The maximum Gasteiger partial charge on any atom is 0.306 e. The first-order valence-corrected chi connectivity index (χ1v) is 12.6. The molecule has 2 heterocycles. The summed E-state index contributed by atoms with van der Waals surface area (Å²) in [6.45, 7) is 3.70. The fourth-order valence-electron chi connectivity index (χ4n) is 3.41. The number of carbonyl (C=O) groups excluding carboxylic acids is 2. The number of esters is 1. The topological polar surface area (TPSA) is 72.4 Å². The van der Waals surface area contributed by atoms with E-state index < -0.39 is 0 Å². The van der Waals surface area contributed by atoms with Gasteiger partial charge in [-0.1, -0.05) is 31.2 Å². The Kier molecular flexibility index (Phi) is 7.47. The fraction of sp³-hybridized carbons (Fsp3) is 0.280. The predicted octanol–water partition coefficient (Wildman–Crippen LogP) is 6.07. The summed E-state index contributed by atoms with van der Waals surface area (Å²) in [5.74, 6) is -0.378. The predicted molar refractivity (Wildman–Crippen MR) is 133 cm³/mol. The first kappa shape index (κ1) is 23.1. The monoisotopic (exact) mass is 479 g/mol. The lowest BCUT2D eigenvalue weighted by atomic mass is 10.1. The fourth-order valence-corrected chi connectivity index (χ4v) is 5.29. The van der Waals surface area contributed by atoms with Crippen LogP contribution in [-0.4, -0.2) is 21.8 Å². The Hall–Kier alpha value is -3.10. The zero-order valence-electron chi connectivity index (χ0n) is 18.6. The van der Waals surface area contributed by atoms with Crippen molar-refractivity contribution in [3.8, 4) is 0 Å². The van der Waals surface area contributed by atoms with Crippen molar-refractivity contribution >= 4 is 55.6 Å². The molecular weight excluding hydrogens is 454 g/mol. The lowest BCUT2D eigenvalue weighted by Gasteiger charge is -2.18. The standard InChI is InChI=1S/C25H25N3O3S2/c1-3-18-11-13-20(14-12-18)28(17(2)29)25-26-19(16-32-25)15-31-24(30)10-6-9-23-27-21-7-4-5-8-22(21)33-23/h4-5,7-8,11-14,16H,3,6,9-10,15H2,1-2H3. The maximum atomic E-state index is 12.3. The average Bonchev–Trinajstić information content (AvgIpc) is 3.45. The van der Waals surface area contributed by atoms with Gasteiger partial charge in [-0.3, -0.25) is 14.5 Å². The lowest BCUT2D eigenvalue weighted by molar-refractivity contribution is -0.145. The summed E-state index contributed by atoms with van der Waals surface area (Å²) in [5.41, 5.74) is 3.61. The van der Waals surface area contributed by atoms with Crippen LogP contribution in [0.1, 0.15) is 43.0 Å². The van der Waals surface area contributed by atoms with Gasteiger partial charge in [-0.15, -0.1) is 22.7 Å². The number of aryl methyl sites for hydroxylation is 2. The molecule has 0 saturated carbocycles. The van der Waals surface area contributed by atoms with Crippen molar-refractivity contribution in [2.24, 2.45) is 0 Å². The van der Waals surface area contributed by atoms with Crippen LogP contribution in [0.4, 0.5) is 10.8 Å². The lowest BCUT2D eigenvalue weighted by Crippen LogP contribution is -2.22. The quantitative estimate of drug-likeness (QED) is 0.273. The number of hydrogen-bond donors (Lipinski definition) is 0. The van der Waals surface area contributed by atoms with Gasteiger partial charge in [0.15, 0.2) is 5.13 Å². The molecule has 0 spiro atoms. The summed E-state index contributed by atoms with van der Waals surface area (Å²) in [6.07, 6.45) is 2.70. The summed E-state index contributed by atoms with van der Waals surface area (Å²) in [7, 11) is 0. The smallest absolute Gasteiger partial charge is 0.306 e. The molecule has 0 aliphatic carbocycles. The summed E-state index contributed by atoms with van der Waals surface area (Å²) >= 11 is 3.02. The Morgan fingerprint density at radius 1 is 1.06 bits per heavy atom. The Bertz CT molecular complexity index is 1210. The van der Waals surface area contributed by atoms with Gasteiger partial charge in [-0.05, 0) is 49.1 Å². The largest absolute Gasteiger partial charge is 0.459 e. The van der Waals surface area contributed by atoms with E-state index in [1.165, 1.54) is 23.8 Å². The summed E-state index contributed by atoms with van der Waals surface area (Å²) in [4.78, 5) is 35.1. The van der Waals surface area contributed by atoms with E-state index in [4.69, 9.17) is 4.74 Å². The molecule has 0 N–H and O–H groups in total. The van der Waals surface area contributed by atoms with Gasteiger partial charge in [0.05, 0.1) is 26.6 Å². The van der Waals surface area contributed by atoms with Gasteiger partial charge in [0.25, 0.3) is 0 Å². The number of fused-ring (bicyclic) bond motifs is 1. The molecule has 33 heavy (non-hydrogen) atoms. The number of benzene rings is 2. The molecule has 1 amide bonds. The van der Waals surface area contributed by atoms with E-state index in [9.17, 15) is 9.59 Å². The van der Waals surface area contributed by atoms with Crippen molar-refractivity contribution in [3.05, 3.63) is 70.2 Å². The van der Waals surface area contributed by atoms with Gasteiger partial charge in [0.1, 0.15) is 6.61 Å². The number of amides is 1. The second-order valence-corrected chi connectivity index (χ2v) is 9.54. The van der Waals surface area contributed by atoms with Crippen LogP contribution in [0.3, 0.4) is 0 Å². The number of ether oxygens (including phenoxy) is 1. The van der Waals surface area contributed by atoms with E-state index in [1.54, 1.807) is 16.2 Å². The summed E-state index contributed by atoms with van der Waals surface area (Å²) in [5, 5.41) is 3.41. The molecule has 170 valence electrons. The van der Waals surface area contributed by atoms with Crippen LogP contribution in [0.25, 0.3) is 10.2 Å². The van der Waals surface area contributed by atoms with Crippen molar-refractivity contribution in [3.63, 3.8) is 0 Å². The molecular formula is C25H25N3O3S2. The second-order valence-electron chi connectivity index (χ2n) is 7.59. The molecule has 0 unspecified atom stereocenters. The highest BCUT2D eigenvalue weighted by molar-refractivity contribution is 7.18. The molecule has 2 aromatic carbocycles. The highest BCUT2D eigenvalue weighted by Gasteiger charge is 2.18. The molecule has 6 nitrogen and oxygen atoms in total. The van der Waals surface area contributed by atoms with E-state index in [2.05, 4.69) is 23.0 Å². The van der Waals surface area contributed by atoms with Crippen molar-refractivity contribution in [2.45, 2.75) is 46.1 Å². The second kappa shape index (κ2) is 10.7. The zero-order chi connectivity index (χ0) is 23.2. The molecule has 0 fully saturated rings. The van der Waals surface area contributed by atoms with Crippen LogP contribution in [0.2, 0.25) is 0 Å². The number of hydrogen-bond acceptors (Lipinski definition) is 7. The van der Waals surface area contributed by atoms with Crippen LogP contribution < -0.4 is 4.90 Å². The Morgan fingerprint density at radius 3 is 2.58 bits per heavy atom. The van der Waals surface area contributed by atoms with Crippen LogP contribution in [0, 0.1) is 0 Å². The molecule has 4 aromatic rings. The SMILES string of the molecule is CCc1ccc(N(C(C)=O)c2nc(COC(=O)CCCc3nc4ccccc4s3)cs2)cc1. The third kappa shape index (κ3) is 5.83. The number of para-hydroxylation sites is 1. The zero-order valence-corrected chi connectivity index (χ0v) is 20.2. The Morgan fingerprint density at radius 2 is 1.85 bits per heavy atom. The van der Waals surface area contributed by atoms with E-state index >= 15 is 0 Å². The third-order valence-electron chi connectivity index (χ3n) is 5.14. The molecule has 0 radical (unpaired) electrons. The summed E-state index contributed by atoms with van der Waals surface area (Å²) in [6, 6.07) is 15.9. The first-order valence-electron chi connectivity index (χ1n) is 10.9. The van der Waals surface area contributed by atoms with Crippen LogP contribution in [-0.2, 0) is 33.8 Å². The van der Waals surface area contributed by atoms with Gasteiger partial charge < -0.3 is 4.74 Å². The first-order chi connectivity index (χ1) is 16.0. The van der Waals surface area contributed by atoms with Gasteiger partial charge in [-0.25, -0.2) is 9.97 Å². The van der Waals surface area contributed by atoms with Gasteiger partial charge in [0.2, 0.25) is 5.91 Å². The minimum atomic E-state index is -0.260. The van der Waals surface area contributed by atoms with Gasteiger partial charge in [-0.2, -0.15) is 0 Å². The Labute approximate surface area is 200 Å². The maximum absolute atomic E-state index is 12.3. The van der Waals surface area contributed by atoms with Crippen molar-refractivity contribution in [2.75, 3.05) is 4.90 Å². The van der Waals surface area contributed by atoms with E-state index in [1.807, 2.05) is 47.8 Å². The van der Waals surface area contributed by atoms with Crippen molar-refractivity contribution in [1.29, 1.82) is 0 Å². The highest BCUT2D eigenvalue weighted by Crippen LogP contribution is 2.29. The normalized spacial score (nSPS) is 11.0. The molecule has 0 saturated heterocycles. The van der Waals surface area contributed by atoms with E-state index in [0.29, 0.717) is 23.7 Å². The molecule has 0 aliphatic heterocycles. The van der Waals surface area contributed by atoms with E-state index in [-0.39, 0.29) is 18.5 Å². The van der Waals surface area contributed by atoms with Crippen molar-refractivity contribution in [1.82, 2.24) is 9.97 Å². The molecule has 8 heteroatoms. The number of nitrogens with zero attached hydrogens (tertiary/aromatic N) is 3. The highest BCUT2D eigenvalue weighted by atomic mass is 32.1. The van der Waals surface area contributed by atoms with E-state index in [0.717, 1.165) is 33.8 Å². The molecule has 0 atom stereocenters. The number of carbonyl (C=O) groups is 2.